The minimum Gasteiger partial charge on any atom is -0.497 e. The first kappa shape index (κ1) is 20.5. The van der Waals surface area contributed by atoms with E-state index in [1.165, 1.54) is 10.9 Å². The Hall–Kier alpha value is -2.79. The number of carbonyl (C=O) groups excluding carboxylic acids is 1. The summed E-state index contributed by atoms with van der Waals surface area (Å²) in [5.74, 6) is 1.57. The fraction of sp³-hybridized carbons (Fsp3) is 0.400. The van der Waals surface area contributed by atoms with E-state index in [2.05, 4.69) is 42.1 Å². The third-order valence-corrected chi connectivity index (χ3v) is 6.13. The van der Waals surface area contributed by atoms with Crippen LogP contribution in [0.2, 0.25) is 0 Å². The van der Waals surface area contributed by atoms with Crippen molar-refractivity contribution in [1.82, 2.24) is 9.88 Å². The van der Waals surface area contributed by atoms with Gasteiger partial charge in [-0.15, -0.1) is 0 Å². The lowest BCUT2D eigenvalue weighted by Crippen LogP contribution is -2.45. The number of hydrogen-bond donors (Lipinski definition) is 1. The smallest absolute Gasteiger partial charge is 0.241 e. The molecule has 0 spiro atoms. The van der Waals surface area contributed by atoms with E-state index in [4.69, 9.17) is 4.74 Å². The second kappa shape index (κ2) is 8.92. The Balaban J connectivity index is 1.40. The SMILES string of the molecule is COc1ccc2[nH]cc(C3CCN(CC(=O)N(c4ccccc4)C(C)C)CC3)c2c1. The first-order valence-electron chi connectivity index (χ1n) is 10.8. The molecular formula is C25H31N3O2. The van der Waals surface area contributed by atoms with Gasteiger partial charge in [0, 0.05) is 28.8 Å². The summed E-state index contributed by atoms with van der Waals surface area (Å²) in [4.78, 5) is 20.7. The quantitative estimate of drug-likeness (QED) is 0.641. The second-order valence-electron chi connectivity index (χ2n) is 8.40. The van der Waals surface area contributed by atoms with Gasteiger partial charge in [-0.05, 0) is 81.6 Å². The summed E-state index contributed by atoms with van der Waals surface area (Å²) >= 11 is 0. The zero-order chi connectivity index (χ0) is 21.1. The summed E-state index contributed by atoms with van der Waals surface area (Å²) in [5.41, 5.74) is 3.49. The monoisotopic (exact) mass is 405 g/mol. The van der Waals surface area contributed by atoms with Crippen LogP contribution in [0.25, 0.3) is 10.9 Å². The van der Waals surface area contributed by atoms with Gasteiger partial charge in [-0.25, -0.2) is 0 Å². The summed E-state index contributed by atoms with van der Waals surface area (Å²) in [6.45, 7) is 6.49. The lowest BCUT2D eigenvalue weighted by molar-refractivity contribution is -0.120. The highest BCUT2D eigenvalue weighted by atomic mass is 16.5. The Morgan fingerprint density at radius 1 is 1.17 bits per heavy atom. The molecule has 1 aromatic heterocycles. The van der Waals surface area contributed by atoms with E-state index in [9.17, 15) is 4.79 Å². The maximum absolute atomic E-state index is 13.1. The summed E-state index contributed by atoms with van der Waals surface area (Å²) < 4.78 is 5.41. The largest absolute Gasteiger partial charge is 0.497 e. The predicted octanol–water partition coefficient (Wildman–Crippen LogP) is 4.80. The molecule has 2 aromatic carbocycles. The number of hydrogen-bond acceptors (Lipinski definition) is 3. The van der Waals surface area contributed by atoms with Crippen LogP contribution in [-0.2, 0) is 4.79 Å². The predicted molar refractivity (Wildman–Crippen MR) is 122 cm³/mol. The molecule has 1 amide bonds. The van der Waals surface area contributed by atoms with Crippen LogP contribution in [0.4, 0.5) is 5.69 Å². The second-order valence-corrected chi connectivity index (χ2v) is 8.40. The zero-order valence-corrected chi connectivity index (χ0v) is 18.1. The van der Waals surface area contributed by atoms with Crippen LogP contribution in [0.3, 0.4) is 0 Å². The number of rotatable bonds is 6. The van der Waals surface area contributed by atoms with Crippen molar-refractivity contribution in [2.24, 2.45) is 0 Å². The van der Waals surface area contributed by atoms with Crippen molar-refractivity contribution in [3.8, 4) is 5.75 Å². The Morgan fingerprint density at radius 3 is 2.57 bits per heavy atom. The molecule has 0 atom stereocenters. The van der Waals surface area contributed by atoms with E-state index >= 15 is 0 Å². The van der Waals surface area contributed by atoms with Gasteiger partial charge >= 0.3 is 0 Å². The zero-order valence-electron chi connectivity index (χ0n) is 18.1. The molecule has 1 aliphatic heterocycles. The first-order chi connectivity index (χ1) is 14.6. The molecule has 1 N–H and O–H groups in total. The Bertz CT molecular complexity index is 988. The van der Waals surface area contributed by atoms with Gasteiger partial charge in [0.1, 0.15) is 5.75 Å². The third kappa shape index (κ3) is 4.21. The topological polar surface area (TPSA) is 48.6 Å². The van der Waals surface area contributed by atoms with Crippen LogP contribution in [0, 0.1) is 0 Å². The van der Waals surface area contributed by atoms with E-state index in [0.717, 1.165) is 42.9 Å². The minimum atomic E-state index is 0.138. The van der Waals surface area contributed by atoms with Crippen LogP contribution < -0.4 is 9.64 Å². The number of methoxy groups -OCH3 is 1. The number of aromatic amines is 1. The number of likely N-dealkylation sites (tertiary alicyclic amines) is 1. The maximum atomic E-state index is 13.1. The van der Waals surface area contributed by atoms with Gasteiger partial charge in [0.2, 0.25) is 5.91 Å². The van der Waals surface area contributed by atoms with Crippen molar-refractivity contribution in [2.45, 2.75) is 38.6 Å². The maximum Gasteiger partial charge on any atom is 0.241 e. The molecule has 5 heteroatoms. The van der Waals surface area contributed by atoms with E-state index in [1.807, 2.05) is 41.3 Å². The molecule has 0 unspecified atom stereocenters. The number of nitrogens with one attached hydrogen (secondary N) is 1. The summed E-state index contributed by atoms with van der Waals surface area (Å²) in [6.07, 6.45) is 4.26. The van der Waals surface area contributed by atoms with Crippen molar-refractivity contribution in [2.75, 3.05) is 31.6 Å². The Kier molecular flexibility index (Phi) is 6.09. The van der Waals surface area contributed by atoms with Gasteiger partial charge in [0.15, 0.2) is 0 Å². The number of amides is 1. The molecule has 1 fully saturated rings. The lowest BCUT2D eigenvalue weighted by atomic mass is 9.89. The van der Waals surface area contributed by atoms with Gasteiger partial charge in [-0.1, -0.05) is 18.2 Å². The summed E-state index contributed by atoms with van der Waals surface area (Å²) in [6, 6.07) is 16.3. The number of para-hydroxylation sites is 1. The van der Waals surface area contributed by atoms with Crippen LogP contribution in [0.1, 0.15) is 38.2 Å². The van der Waals surface area contributed by atoms with Gasteiger partial charge in [-0.2, -0.15) is 0 Å². The van der Waals surface area contributed by atoms with Crippen molar-refractivity contribution < 1.29 is 9.53 Å². The van der Waals surface area contributed by atoms with Crippen LogP contribution in [0.15, 0.2) is 54.7 Å². The van der Waals surface area contributed by atoms with Gasteiger partial charge in [0.25, 0.3) is 0 Å². The lowest BCUT2D eigenvalue weighted by Gasteiger charge is -2.34. The molecule has 0 aliphatic carbocycles. The van der Waals surface area contributed by atoms with Crippen LogP contribution in [0.5, 0.6) is 5.75 Å². The average molecular weight is 406 g/mol. The Morgan fingerprint density at radius 2 is 1.90 bits per heavy atom. The summed E-state index contributed by atoms with van der Waals surface area (Å²) in [7, 11) is 1.71. The average Bonchev–Trinajstić information content (AvgIpc) is 3.18. The standard InChI is InChI=1S/C25H31N3O2/c1-18(2)28(20-7-5-4-6-8-20)25(29)17-27-13-11-19(12-14-27)23-16-26-24-10-9-21(30-3)15-22(23)24/h4-10,15-16,18-19,26H,11-14,17H2,1-3H3. The summed E-state index contributed by atoms with van der Waals surface area (Å²) in [5, 5.41) is 1.25. The number of piperidine rings is 1. The van der Waals surface area contributed by atoms with Crippen molar-refractivity contribution in [3.63, 3.8) is 0 Å². The van der Waals surface area contributed by atoms with Gasteiger partial charge in [-0.3, -0.25) is 9.69 Å². The highest BCUT2D eigenvalue weighted by Crippen LogP contribution is 2.34. The molecular weight excluding hydrogens is 374 g/mol. The molecule has 30 heavy (non-hydrogen) atoms. The number of nitrogens with zero attached hydrogens (tertiary/aromatic N) is 2. The molecule has 5 nitrogen and oxygen atoms in total. The van der Waals surface area contributed by atoms with Crippen LogP contribution in [-0.4, -0.2) is 48.6 Å². The Labute approximate surface area is 178 Å². The third-order valence-electron chi connectivity index (χ3n) is 6.13. The molecule has 0 radical (unpaired) electrons. The number of anilines is 1. The number of carbonyl (C=O) groups is 1. The molecule has 0 bridgehead atoms. The number of aromatic nitrogens is 1. The molecule has 158 valence electrons. The number of ether oxygens (including phenoxy) is 1. The molecule has 4 rings (SSSR count). The van der Waals surface area contributed by atoms with Gasteiger partial charge in [0.05, 0.1) is 13.7 Å². The molecule has 0 saturated carbocycles. The van der Waals surface area contributed by atoms with E-state index in [1.54, 1.807) is 7.11 Å². The minimum absolute atomic E-state index is 0.138. The fourth-order valence-electron chi connectivity index (χ4n) is 4.57. The molecule has 3 aromatic rings. The molecule has 1 saturated heterocycles. The van der Waals surface area contributed by atoms with Crippen molar-refractivity contribution in [3.05, 3.63) is 60.3 Å². The number of fused-ring (bicyclic) bond motifs is 1. The highest BCUT2D eigenvalue weighted by Gasteiger charge is 2.26. The highest BCUT2D eigenvalue weighted by molar-refractivity contribution is 5.95. The normalized spacial score (nSPS) is 15.6. The fourth-order valence-corrected chi connectivity index (χ4v) is 4.57. The molecule has 2 heterocycles. The van der Waals surface area contributed by atoms with Crippen LogP contribution >= 0.6 is 0 Å². The van der Waals surface area contributed by atoms with Crippen molar-refractivity contribution >= 4 is 22.5 Å². The van der Waals surface area contributed by atoms with E-state index in [0.29, 0.717) is 12.5 Å². The number of benzene rings is 2. The first-order valence-corrected chi connectivity index (χ1v) is 10.8. The number of H-pyrrole nitrogens is 1. The van der Waals surface area contributed by atoms with E-state index in [-0.39, 0.29) is 11.9 Å². The molecule has 1 aliphatic rings. The van der Waals surface area contributed by atoms with Crippen molar-refractivity contribution in [1.29, 1.82) is 0 Å². The van der Waals surface area contributed by atoms with E-state index < -0.39 is 0 Å². The van der Waals surface area contributed by atoms with Gasteiger partial charge < -0.3 is 14.6 Å².